The van der Waals surface area contributed by atoms with Crippen LogP contribution in [-0.4, -0.2) is 82.1 Å². The summed E-state index contributed by atoms with van der Waals surface area (Å²) < 4.78 is 65.4. The highest BCUT2D eigenvalue weighted by Gasteiger charge is 2.26. The summed E-state index contributed by atoms with van der Waals surface area (Å²) >= 11 is 0. The van der Waals surface area contributed by atoms with E-state index in [9.17, 15) is 8.42 Å². The molecule has 2 aromatic carbocycles. The first kappa shape index (κ1) is 31.5. The lowest BCUT2D eigenvalue weighted by Gasteiger charge is -2.28. The smallest absolute Gasteiger partial charge is 0.316 e. The summed E-state index contributed by atoms with van der Waals surface area (Å²) in [5, 5.41) is 0. The number of nitrogens with one attached hydrogen (secondary N) is 2. The number of aromatic nitrogens is 4. The molecule has 0 spiro atoms. The summed E-state index contributed by atoms with van der Waals surface area (Å²) in [7, 11) is -1.14. The lowest BCUT2D eigenvalue weighted by atomic mass is 10.2. The Kier molecular flexibility index (Phi) is 10.6. The third-order valence-electron chi connectivity index (χ3n) is 6.33. The van der Waals surface area contributed by atoms with Crippen molar-refractivity contribution in [3.05, 3.63) is 72.6 Å². The number of rotatable bonds is 15. The highest BCUT2D eigenvalue weighted by molar-refractivity contribution is 7.90. The number of methoxy groups -OCH3 is 2. The predicted molar refractivity (Wildman–Crippen MR) is 164 cm³/mol. The summed E-state index contributed by atoms with van der Waals surface area (Å²) in [5.41, 5.74) is 0.773. The second-order valence-corrected chi connectivity index (χ2v) is 10.9. The Morgan fingerprint density at radius 3 is 2.27 bits per heavy atom. The van der Waals surface area contributed by atoms with E-state index in [1.807, 2.05) is 35.2 Å². The molecule has 4 aromatic rings. The Balaban J connectivity index is 1.45. The second-order valence-electron chi connectivity index (χ2n) is 9.37. The fourth-order valence-electron chi connectivity index (χ4n) is 4.09. The van der Waals surface area contributed by atoms with Crippen molar-refractivity contribution in [1.29, 1.82) is 0 Å². The molecule has 238 valence electrons. The molecule has 5 rings (SSSR count). The van der Waals surface area contributed by atoms with Crippen LogP contribution in [0.1, 0.15) is 5.56 Å². The summed E-state index contributed by atoms with van der Waals surface area (Å²) in [6.45, 7) is 1.95. The number of hydrogen-bond acceptors (Lipinski definition) is 13. The molecule has 0 bridgehead atoms. The van der Waals surface area contributed by atoms with Gasteiger partial charge in [-0.15, -0.1) is 0 Å². The van der Waals surface area contributed by atoms with Crippen LogP contribution in [0.25, 0.3) is 0 Å². The molecule has 0 atom stereocenters. The maximum absolute atomic E-state index is 13.3. The maximum Gasteiger partial charge on any atom is 0.316 e. The summed E-state index contributed by atoms with van der Waals surface area (Å²) in [6.07, 6.45) is 2.96. The zero-order valence-electron chi connectivity index (χ0n) is 24.7. The van der Waals surface area contributed by atoms with Gasteiger partial charge < -0.3 is 33.3 Å². The van der Waals surface area contributed by atoms with Gasteiger partial charge >= 0.3 is 16.2 Å². The van der Waals surface area contributed by atoms with Gasteiger partial charge in [-0.25, -0.2) is 0 Å². The fourth-order valence-corrected chi connectivity index (χ4v) is 4.91. The Labute approximate surface area is 260 Å². The van der Waals surface area contributed by atoms with Crippen molar-refractivity contribution in [3.8, 4) is 34.9 Å². The minimum atomic E-state index is -4.15. The van der Waals surface area contributed by atoms with Crippen LogP contribution >= 0.6 is 0 Å². The standard InChI is InChI=1S/C29H33N7O8S/c1-39-22-19-30-29(31-20-22)43-17-16-42-27-25(44-24-11-7-6-10-23(24)40-2)26(33-28(34-27)36-12-14-41-15-13-36)35-45(37,38)32-18-21-8-4-3-5-9-21/h3-11,19-20,32H,12-18H2,1-2H3,(H,33,34,35). The first-order valence-electron chi connectivity index (χ1n) is 13.9. The first-order chi connectivity index (χ1) is 21.9. The van der Waals surface area contributed by atoms with E-state index >= 15 is 0 Å². The third kappa shape index (κ3) is 8.81. The van der Waals surface area contributed by atoms with Crippen LogP contribution in [0.15, 0.2) is 67.0 Å². The molecule has 16 heteroatoms. The number of hydrogen-bond donors (Lipinski definition) is 2. The maximum atomic E-state index is 13.3. The van der Waals surface area contributed by atoms with Gasteiger partial charge in [0.2, 0.25) is 11.7 Å². The Morgan fingerprint density at radius 2 is 1.56 bits per heavy atom. The van der Waals surface area contributed by atoms with Crippen LogP contribution in [0.4, 0.5) is 11.8 Å². The molecule has 3 heterocycles. The molecule has 0 unspecified atom stereocenters. The van der Waals surface area contributed by atoms with Crippen LogP contribution in [0.2, 0.25) is 0 Å². The molecule has 15 nitrogen and oxygen atoms in total. The molecule has 0 amide bonds. The third-order valence-corrected chi connectivity index (χ3v) is 7.32. The van der Waals surface area contributed by atoms with E-state index in [0.29, 0.717) is 37.8 Å². The Bertz CT molecular complexity index is 1640. The summed E-state index contributed by atoms with van der Waals surface area (Å²) in [4.78, 5) is 19.2. The van der Waals surface area contributed by atoms with Crippen molar-refractivity contribution >= 4 is 22.0 Å². The van der Waals surface area contributed by atoms with E-state index in [4.69, 9.17) is 28.4 Å². The topological polar surface area (TPSA) is 168 Å². The minimum absolute atomic E-state index is 0.0182. The highest BCUT2D eigenvalue weighted by atomic mass is 32.2. The summed E-state index contributed by atoms with van der Waals surface area (Å²) in [6, 6.07) is 16.1. The molecule has 1 fully saturated rings. The molecular formula is C29H33N7O8S. The van der Waals surface area contributed by atoms with Gasteiger partial charge in [0.15, 0.2) is 23.1 Å². The molecule has 2 aromatic heterocycles. The normalized spacial score (nSPS) is 13.2. The minimum Gasteiger partial charge on any atom is -0.494 e. The van der Waals surface area contributed by atoms with Gasteiger partial charge in [-0.3, -0.25) is 4.72 Å². The van der Waals surface area contributed by atoms with Crippen LogP contribution in [-0.2, 0) is 21.5 Å². The van der Waals surface area contributed by atoms with Gasteiger partial charge in [-0.2, -0.15) is 33.1 Å². The van der Waals surface area contributed by atoms with Crippen molar-refractivity contribution in [1.82, 2.24) is 24.7 Å². The van der Waals surface area contributed by atoms with E-state index in [2.05, 4.69) is 29.4 Å². The largest absolute Gasteiger partial charge is 0.494 e. The van der Waals surface area contributed by atoms with Gasteiger partial charge in [0.1, 0.15) is 13.2 Å². The molecule has 1 aliphatic rings. The van der Waals surface area contributed by atoms with E-state index < -0.39 is 10.2 Å². The van der Waals surface area contributed by atoms with Crippen LogP contribution in [0.3, 0.4) is 0 Å². The van der Waals surface area contributed by atoms with Crippen molar-refractivity contribution in [2.24, 2.45) is 0 Å². The Hall–Kier alpha value is -4.93. The van der Waals surface area contributed by atoms with Crippen molar-refractivity contribution < 1.29 is 36.8 Å². The lowest BCUT2D eigenvalue weighted by Crippen LogP contribution is -2.37. The average Bonchev–Trinajstić information content (AvgIpc) is 3.08. The quantitative estimate of drug-likeness (QED) is 0.182. The van der Waals surface area contributed by atoms with Gasteiger partial charge in [0.05, 0.1) is 39.8 Å². The molecule has 2 N–H and O–H groups in total. The second kappa shape index (κ2) is 15.2. The van der Waals surface area contributed by atoms with Crippen molar-refractivity contribution in [2.45, 2.75) is 6.54 Å². The van der Waals surface area contributed by atoms with E-state index in [1.165, 1.54) is 26.6 Å². The van der Waals surface area contributed by atoms with Gasteiger partial charge in [0, 0.05) is 19.6 Å². The predicted octanol–water partition coefficient (Wildman–Crippen LogP) is 2.82. The fraction of sp³-hybridized carbons (Fsp3) is 0.310. The number of morpholine rings is 1. The monoisotopic (exact) mass is 639 g/mol. The first-order valence-corrected chi connectivity index (χ1v) is 15.4. The van der Waals surface area contributed by atoms with Crippen molar-refractivity contribution in [3.63, 3.8) is 0 Å². The number of para-hydroxylation sites is 2. The van der Waals surface area contributed by atoms with E-state index in [0.717, 1.165) is 5.56 Å². The number of nitrogens with zero attached hydrogens (tertiary/aromatic N) is 5. The summed E-state index contributed by atoms with van der Waals surface area (Å²) in [5.74, 6) is 1.14. The van der Waals surface area contributed by atoms with Gasteiger partial charge in [0.25, 0.3) is 5.88 Å². The van der Waals surface area contributed by atoms with Crippen LogP contribution in [0, 0.1) is 0 Å². The number of ether oxygens (including phenoxy) is 6. The van der Waals surface area contributed by atoms with E-state index in [1.54, 1.807) is 24.3 Å². The van der Waals surface area contributed by atoms with Gasteiger partial charge in [-0.1, -0.05) is 42.5 Å². The molecule has 1 saturated heterocycles. The molecule has 45 heavy (non-hydrogen) atoms. The molecule has 0 radical (unpaired) electrons. The van der Waals surface area contributed by atoms with Crippen LogP contribution in [0.5, 0.6) is 34.9 Å². The van der Waals surface area contributed by atoms with E-state index in [-0.39, 0.29) is 54.9 Å². The van der Waals surface area contributed by atoms with Gasteiger partial charge in [-0.05, 0) is 17.7 Å². The molecular weight excluding hydrogens is 606 g/mol. The lowest BCUT2D eigenvalue weighted by molar-refractivity contribution is 0.122. The number of benzene rings is 2. The van der Waals surface area contributed by atoms with Crippen LogP contribution < -0.4 is 38.0 Å². The highest BCUT2D eigenvalue weighted by Crippen LogP contribution is 2.41. The molecule has 0 aliphatic carbocycles. The van der Waals surface area contributed by atoms with Crippen molar-refractivity contribution in [2.75, 3.05) is 63.4 Å². The Morgan fingerprint density at radius 1 is 0.867 bits per heavy atom. The number of anilines is 2. The molecule has 0 saturated carbocycles. The average molecular weight is 640 g/mol. The zero-order chi connectivity index (χ0) is 31.5. The zero-order valence-corrected chi connectivity index (χ0v) is 25.5. The SMILES string of the molecule is COc1cnc(OCCOc2nc(N3CCOCC3)nc(NS(=O)(=O)NCc3ccccc3)c2Oc2ccccc2OC)nc1. The molecule has 1 aliphatic heterocycles.